The maximum atomic E-state index is 12.6. The van der Waals surface area contributed by atoms with E-state index < -0.39 is 17.8 Å². The quantitative estimate of drug-likeness (QED) is 0.344. The lowest BCUT2D eigenvalue weighted by Gasteiger charge is -2.64. The number of hydrogen-bond donors (Lipinski definition) is 2. The first-order chi connectivity index (χ1) is 23.5. The van der Waals surface area contributed by atoms with Crippen LogP contribution in [0.4, 0.5) is 0 Å². The van der Waals surface area contributed by atoms with E-state index in [0.29, 0.717) is 47.7 Å². The predicted molar refractivity (Wildman–Crippen MR) is 191 cm³/mol. The Kier molecular flexibility index (Phi) is 8.60. The minimum atomic E-state index is -1.02. The van der Waals surface area contributed by atoms with E-state index in [9.17, 15) is 10.2 Å². The van der Waals surface area contributed by atoms with Crippen molar-refractivity contribution in [3.8, 4) is 0 Å². The molecule has 2 saturated heterocycles. The molecule has 1 aromatic heterocycles. The zero-order valence-electron chi connectivity index (χ0n) is 32.5. The molecule has 3 heterocycles. The summed E-state index contributed by atoms with van der Waals surface area (Å²) in [5.41, 5.74) is 0.573. The summed E-state index contributed by atoms with van der Waals surface area (Å²) in [4.78, 5) is 2.42. The van der Waals surface area contributed by atoms with Gasteiger partial charge in [-0.2, -0.15) is 5.10 Å². The van der Waals surface area contributed by atoms with Gasteiger partial charge in [0.15, 0.2) is 6.29 Å². The van der Waals surface area contributed by atoms with Gasteiger partial charge in [-0.3, -0.25) is 9.58 Å². The zero-order valence-corrected chi connectivity index (χ0v) is 32.5. The first kappa shape index (κ1) is 35.9. The number of fused-ring (bicyclic) bond motifs is 4. The molecule has 7 aliphatic rings. The molecular weight excluding hydrogens is 630 g/mol. The Bertz CT molecular complexity index is 1430. The van der Waals surface area contributed by atoms with Gasteiger partial charge in [-0.1, -0.05) is 34.6 Å². The van der Waals surface area contributed by atoms with Crippen molar-refractivity contribution in [2.75, 3.05) is 26.3 Å². The van der Waals surface area contributed by atoms with E-state index in [1.807, 2.05) is 38.7 Å². The molecule has 1 aromatic rings. The van der Waals surface area contributed by atoms with Crippen LogP contribution in [0.3, 0.4) is 0 Å². The van der Waals surface area contributed by atoms with Crippen molar-refractivity contribution < 1.29 is 29.2 Å². The number of aliphatic hydroxyl groups is 2. The third-order valence-electron chi connectivity index (χ3n) is 16.7. The highest BCUT2D eigenvalue weighted by atomic mass is 16.7. The summed E-state index contributed by atoms with van der Waals surface area (Å²) in [6.07, 6.45) is 9.88. The van der Waals surface area contributed by atoms with Gasteiger partial charge >= 0.3 is 0 Å². The van der Waals surface area contributed by atoms with Gasteiger partial charge in [0.25, 0.3) is 0 Å². The molecule has 2 aliphatic heterocycles. The summed E-state index contributed by atoms with van der Waals surface area (Å²) < 4.78 is 28.2. The lowest BCUT2D eigenvalue weighted by Crippen LogP contribution is -2.60. The van der Waals surface area contributed by atoms with Crippen molar-refractivity contribution in [3.05, 3.63) is 18.0 Å². The standard InChI is InChI=1S/C41H67N3O6/c1-10-47-35(37(5,6)46)27-21-25(2)32-33(49-27)34(45)39(8)29-12-11-28-36(3,4)30(13-15-40(28)24-41(29,40)17-16-38(32,39)7)50-31-23-44(19-20-48-31)22-26-14-18-43(9)42-26/h14,18,25,27-35,45-46H,10-13,15-17,19-24H2,1-9H3/t25-,27-,28+,29+,30+,31+,32+,33+,34+,35+,38-,39-,40?,41+/m1/s1. The minimum absolute atomic E-state index is 0.0130. The van der Waals surface area contributed by atoms with Crippen LogP contribution in [0, 0.1) is 50.7 Å². The van der Waals surface area contributed by atoms with Crippen LogP contribution >= 0.6 is 0 Å². The molecule has 50 heavy (non-hydrogen) atoms. The molecule has 2 N–H and O–H groups in total. The first-order valence-corrected chi connectivity index (χ1v) is 20.2. The third kappa shape index (κ3) is 4.98. The number of nitrogens with zero attached hydrogens (tertiary/aromatic N) is 3. The van der Waals surface area contributed by atoms with Gasteiger partial charge in [0.05, 0.1) is 48.9 Å². The number of aliphatic hydroxyl groups excluding tert-OH is 1. The Morgan fingerprint density at radius 1 is 1.08 bits per heavy atom. The van der Waals surface area contributed by atoms with Crippen LogP contribution in [0.25, 0.3) is 0 Å². The van der Waals surface area contributed by atoms with Crippen LogP contribution in [0.5, 0.6) is 0 Å². The third-order valence-corrected chi connectivity index (χ3v) is 16.7. The lowest BCUT2D eigenvalue weighted by atomic mass is 9.41. The van der Waals surface area contributed by atoms with Crippen molar-refractivity contribution in [2.45, 2.75) is 156 Å². The highest BCUT2D eigenvalue weighted by Gasteiger charge is 2.84. The summed E-state index contributed by atoms with van der Waals surface area (Å²) in [7, 11) is 1.97. The molecule has 14 atom stereocenters. The SMILES string of the molecule is CCO[C@@H]([C@H]1C[C@@H](C)[C@H]2[C@H](O1)[C@H](O)[C@@]1(C)[C@@H]3CC[C@H]4C(C)(C)[C@@H](O[C@H]5CN(Cc6ccn(C)n6)CCO5)CCC45C[C@@]35CC[C@]21C)C(C)(C)O. The van der Waals surface area contributed by atoms with E-state index in [1.165, 1.54) is 32.1 Å². The average molecular weight is 698 g/mol. The molecule has 1 unspecified atom stereocenters. The Morgan fingerprint density at radius 3 is 2.52 bits per heavy atom. The highest BCUT2D eigenvalue weighted by Crippen LogP contribution is 2.89. The molecule has 8 rings (SSSR count). The fraction of sp³-hybridized carbons (Fsp3) is 0.927. The summed E-state index contributed by atoms with van der Waals surface area (Å²) in [6.45, 7) is 21.7. The topological polar surface area (TPSA) is 98.4 Å². The summed E-state index contributed by atoms with van der Waals surface area (Å²) in [6, 6.07) is 2.10. The number of hydrogen-bond acceptors (Lipinski definition) is 8. The van der Waals surface area contributed by atoms with Gasteiger partial charge in [0, 0.05) is 38.4 Å². The second kappa shape index (κ2) is 12.0. The second-order valence-corrected chi connectivity index (χ2v) is 19.7. The van der Waals surface area contributed by atoms with Crippen LogP contribution in [0.15, 0.2) is 12.3 Å². The summed E-state index contributed by atoms with van der Waals surface area (Å²) in [5, 5.41) is 28.3. The molecule has 0 amide bonds. The number of aryl methyl sites for hydroxylation is 1. The van der Waals surface area contributed by atoms with Crippen LogP contribution in [-0.4, -0.2) is 93.6 Å². The van der Waals surface area contributed by atoms with Gasteiger partial charge in [0.2, 0.25) is 0 Å². The van der Waals surface area contributed by atoms with Crippen LogP contribution in [0.2, 0.25) is 0 Å². The van der Waals surface area contributed by atoms with Crippen molar-refractivity contribution in [1.82, 2.24) is 14.7 Å². The van der Waals surface area contributed by atoms with Crippen molar-refractivity contribution in [3.63, 3.8) is 0 Å². The Morgan fingerprint density at radius 2 is 1.82 bits per heavy atom. The van der Waals surface area contributed by atoms with Gasteiger partial charge < -0.3 is 29.2 Å². The Labute approximate surface area is 301 Å². The molecule has 7 fully saturated rings. The Hall–Kier alpha value is -1.07. The van der Waals surface area contributed by atoms with Crippen molar-refractivity contribution in [1.29, 1.82) is 0 Å². The van der Waals surface area contributed by atoms with E-state index in [0.717, 1.165) is 44.6 Å². The first-order valence-electron chi connectivity index (χ1n) is 20.2. The second-order valence-electron chi connectivity index (χ2n) is 19.7. The number of morpholine rings is 1. The van der Waals surface area contributed by atoms with E-state index >= 15 is 0 Å². The molecule has 5 aliphatic carbocycles. The summed E-state index contributed by atoms with van der Waals surface area (Å²) in [5.74, 6) is 1.80. The van der Waals surface area contributed by atoms with Gasteiger partial charge in [-0.05, 0) is 124 Å². The maximum absolute atomic E-state index is 12.6. The fourth-order valence-corrected chi connectivity index (χ4v) is 14.6. The van der Waals surface area contributed by atoms with Crippen LogP contribution in [-0.2, 0) is 32.5 Å². The molecule has 0 radical (unpaired) electrons. The molecule has 2 spiro atoms. The molecule has 9 heteroatoms. The molecule has 9 nitrogen and oxygen atoms in total. The van der Waals surface area contributed by atoms with Crippen LogP contribution < -0.4 is 0 Å². The monoisotopic (exact) mass is 698 g/mol. The summed E-state index contributed by atoms with van der Waals surface area (Å²) >= 11 is 0. The average Bonchev–Trinajstić information content (AvgIpc) is 3.48. The Balaban J connectivity index is 1.000. The van der Waals surface area contributed by atoms with Gasteiger partial charge in [-0.25, -0.2) is 0 Å². The number of rotatable bonds is 8. The number of ether oxygens (including phenoxy) is 4. The molecular formula is C41H67N3O6. The predicted octanol–water partition coefficient (Wildman–Crippen LogP) is 5.95. The largest absolute Gasteiger partial charge is 0.390 e. The number of aromatic nitrogens is 2. The van der Waals surface area contributed by atoms with E-state index in [1.54, 1.807) is 0 Å². The van der Waals surface area contributed by atoms with Crippen molar-refractivity contribution in [2.24, 2.45) is 57.8 Å². The lowest BCUT2D eigenvalue weighted by molar-refractivity contribution is -0.249. The molecule has 0 aromatic carbocycles. The molecule has 282 valence electrons. The zero-order chi connectivity index (χ0) is 35.6. The fourth-order valence-electron chi connectivity index (χ4n) is 14.6. The van der Waals surface area contributed by atoms with Crippen LogP contribution in [0.1, 0.15) is 112 Å². The highest BCUT2D eigenvalue weighted by molar-refractivity contribution is 5.33. The van der Waals surface area contributed by atoms with E-state index in [-0.39, 0.29) is 40.8 Å². The molecule has 0 bridgehead atoms. The smallest absolute Gasteiger partial charge is 0.170 e. The normalized spacial score (nSPS) is 48.9. The van der Waals surface area contributed by atoms with Gasteiger partial charge in [-0.15, -0.1) is 0 Å². The molecule has 5 saturated carbocycles. The maximum Gasteiger partial charge on any atom is 0.170 e. The van der Waals surface area contributed by atoms with E-state index in [2.05, 4.69) is 50.7 Å². The van der Waals surface area contributed by atoms with E-state index in [4.69, 9.17) is 18.9 Å². The van der Waals surface area contributed by atoms with Crippen molar-refractivity contribution >= 4 is 0 Å². The minimum Gasteiger partial charge on any atom is -0.390 e. The van der Waals surface area contributed by atoms with Gasteiger partial charge in [0.1, 0.15) is 6.10 Å².